The third-order valence-electron chi connectivity index (χ3n) is 4.17. The molecule has 2 N–H and O–H groups in total. The third-order valence-corrected chi connectivity index (χ3v) is 4.17. The van der Waals surface area contributed by atoms with Crippen LogP contribution >= 0.6 is 24.8 Å². The number of nitrogens with zero attached hydrogens (tertiary/aromatic N) is 1. The van der Waals surface area contributed by atoms with Crippen molar-refractivity contribution in [2.75, 3.05) is 25.5 Å². The summed E-state index contributed by atoms with van der Waals surface area (Å²) in [6, 6.07) is 8.92. The van der Waals surface area contributed by atoms with Gasteiger partial charge in [0.2, 0.25) is 5.91 Å². The molecule has 1 saturated heterocycles. The number of carbonyl (C=O) groups excluding carboxylic acids is 1. The molecule has 0 aliphatic carbocycles. The smallest absolute Gasteiger partial charge is 0.225 e. The van der Waals surface area contributed by atoms with E-state index in [0.717, 1.165) is 12.2 Å². The molecular weight excluding hydrogens is 333 g/mol. The van der Waals surface area contributed by atoms with Gasteiger partial charge in [-0.3, -0.25) is 9.69 Å². The summed E-state index contributed by atoms with van der Waals surface area (Å²) in [6.07, 6.45) is 4.47. The van der Waals surface area contributed by atoms with Gasteiger partial charge in [-0.15, -0.1) is 24.8 Å². The molecule has 0 saturated carbocycles. The highest BCUT2D eigenvalue weighted by atomic mass is 35.5. The molecule has 6 heteroatoms. The summed E-state index contributed by atoms with van der Waals surface area (Å²) < 4.78 is 0. The Morgan fingerprint density at radius 3 is 2.52 bits per heavy atom. The van der Waals surface area contributed by atoms with Gasteiger partial charge in [0.25, 0.3) is 0 Å². The van der Waals surface area contributed by atoms with E-state index >= 15 is 0 Å². The molecule has 1 aromatic carbocycles. The second-order valence-corrected chi connectivity index (χ2v) is 5.91. The molecule has 1 aliphatic rings. The maximum absolute atomic E-state index is 11.7. The van der Waals surface area contributed by atoms with Gasteiger partial charge in [-0.2, -0.15) is 0 Å². The van der Waals surface area contributed by atoms with Gasteiger partial charge in [-0.1, -0.05) is 18.6 Å². The molecule has 132 valence electrons. The van der Waals surface area contributed by atoms with Gasteiger partial charge in [0.1, 0.15) is 0 Å². The lowest BCUT2D eigenvalue weighted by Crippen LogP contribution is -2.36. The highest BCUT2D eigenvalue weighted by Gasteiger charge is 2.17. The van der Waals surface area contributed by atoms with Crippen LogP contribution in [-0.4, -0.2) is 37.0 Å². The van der Waals surface area contributed by atoms with Crippen LogP contribution in [0.4, 0.5) is 5.69 Å². The Labute approximate surface area is 152 Å². The lowest BCUT2D eigenvalue weighted by molar-refractivity contribution is -0.116. The van der Waals surface area contributed by atoms with Gasteiger partial charge in [-0.25, -0.2) is 0 Å². The molecule has 1 aromatic rings. The van der Waals surface area contributed by atoms with Crippen LogP contribution in [0.15, 0.2) is 24.3 Å². The Balaban J connectivity index is 0.00000242. The second-order valence-electron chi connectivity index (χ2n) is 5.91. The average molecular weight is 362 g/mol. The Morgan fingerprint density at radius 1 is 1.22 bits per heavy atom. The van der Waals surface area contributed by atoms with E-state index in [9.17, 15) is 4.79 Å². The number of anilines is 1. The van der Waals surface area contributed by atoms with Crippen molar-refractivity contribution in [2.45, 2.75) is 45.2 Å². The minimum Gasteiger partial charge on any atom is -0.326 e. The van der Waals surface area contributed by atoms with E-state index in [2.05, 4.69) is 34.6 Å². The molecule has 1 atom stereocenters. The molecule has 1 fully saturated rings. The summed E-state index contributed by atoms with van der Waals surface area (Å²) in [5.74, 6) is 0.0572. The first-order chi connectivity index (χ1) is 10.2. The van der Waals surface area contributed by atoms with Gasteiger partial charge < -0.3 is 10.6 Å². The minimum absolute atomic E-state index is 0. The molecule has 1 heterocycles. The zero-order valence-electron chi connectivity index (χ0n) is 14.0. The molecule has 0 radical (unpaired) electrons. The van der Waals surface area contributed by atoms with Gasteiger partial charge in [-0.05, 0) is 51.1 Å². The van der Waals surface area contributed by atoms with Crippen LogP contribution < -0.4 is 10.6 Å². The van der Waals surface area contributed by atoms with Gasteiger partial charge in [0.15, 0.2) is 0 Å². The molecule has 1 aliphatic heterocycles. The van der Waals surface area contributed by atoms with Gasteiger partial charge in [0.05, 0.1) is 0 Å². The SMILES string of the molecule is CNCCC(=O)Nc1ccc(CN2CCCCC2C)cc1.Cl.Cl. The van der Waals surface area contributed by atoms with E-state index in [1.165, 1.54) is 31.4 Å². The molecule has 1 unspecified atom stereocenters. The summed E-state index contributed by atoms with van der Waals surface area (Å²) in [7, 11) is 1.85. The van der Waals surface area contributed by atoms with Crippen LogP contribution in [0, 0.1) is 0 Å². The largest absolute Gasteiger partial charge is 0.326 e. The maximum atomic E-state index is 11.7. The van der Waals surface area contributed by atoms with Crippen molar-refractivity contribution < 1.29 is 4.79 Å². The van der Waals surface area contributed by atoms with Crippen LogP contribution in [0.5, 0.6) is 0 Å². The number of carbonyl (C=O) groups is 1. The van der Waals surface area contributed by atoms with E-state index in [0.29, 0.717) is 19.0 Å². The number of halogens is 2. The number of piperidine rings is 1. The fourth-order valence-corrected chi connectivity index (χ4v) is 2.78. The monoisotopic (exact) mass is 361 g/mol. The maximum Gasteiger partial charge on any atom is 0.225 e. The van der Waals surface area contributed by atoms with Crippen molar-refractivity contribution in [1.82, 2.24) is 10.2 Å². The molecule has 23 heavy (non-hydrogen) atoms. The van der Waals surface area contributed by atoms with Crippen molar-refractivity contribution in [2.24, 2.45) is 0 Å². The first-order valence-corrected chi connectivity index (χ1v) is 7.96. The average Bonchev–Trinajstić information content (AvgIpc) is 2.49. The lowest BCUT2D eigenvalue weighted by atomic mass is 10.0. The van der Waals surface area contributed by atoms with Crippen molar-refractivity contribution >= 4 is 36.4 Å². The molecule has 0 aromatic heterocycles. The number of hydrogen-bond donors (Lipinski definition) is 2. The number of hydrogen-bond acceptors (Lipinski definition) is 3. The molecular formula is C17H29Cl2N3O. The Kier molecular flexibility index (Phi) is 11.3. The van der Waals surface area contributed by atoms with Crippen molar-refractivity contribution in [1.29, 1.82) is 0 Å². The van der Waals surface area contributed by atoms with Crippen LogP contribution in [0.1, 0.15) is 38.2 Å². The zero-order chi connectivity index (χ0) is 15.1. The van der Waals surface area contributed by atoms with Crippen LogP contribution in [-0.2, 0) is 11.3 Å². The first-order valence-electron chi connectivity index (χ1n) is 7.96. The predicted octanol–water partition coefficient (Wildman–Crippen LogP) is 3.45. The number of nitrogens with one attached hydrogen (secondary N) is 2. The quantitative estimate of drug-likeness (QED) is 0.815. The van der Waals surface area contributed by atoms with Gasteiger partial charge in [0, 0.05) is 31.2 Å². The molecule has 1 amide bonds. The topological polar surface area (TPSA) is 44.4 Å². The van der Waals surface area contributed by atoms with E-state index in [4.69, 9.17) is 0 Å². The highest BCUT2D eigenvalue weighted by Crippen LogP contribution is 2.20. The molecule has 0 bridgehead atoms. The summed E-state index contributed by atoms with van der Waals surface area (Å²) >= 11 is 0. The minimum atomic E-state index is 0. The van der Waals surface area contributed by atoms with E-state index in [-0.39, 0.29) is 30.7 Å². The molecule has 0 spiro atoms. The van der Waals surface area contributed by atoms with Crippen LogP contribution in [0.25, 0.3) is 0 Å². The molecule has 2 rings (SSSR count). The highest BCUT2D eigenvalue weighted by molar-refractivity contribution is 5.90. The van der Waals surface area contributed by atoms with Crippen molar-refractivity contribution in [3.63, 3.8) is 0 Å². The zero-order valence-corrected chi connectivity index (χ0v) is 15.6. The van der Waals surface area contributed by atoms with Crippen molar-refractivity contribution in [3.05, 3.63) is 29.8 Å². The van der Waals surface area contributed by atoms with E-state index < -0.39 is 0 Å². The summed E-state index contributed by atoms with van der Waals surface area (Å²) in [4.78, 5) is 14.2. The number of benzene rings is 1. The third kappa shape index (κ3) is 7.53. The summed E-state index contributed by atoms with van der Waals surface area (Å²) in [5, 5.41) is 5.90. The van der Waals surface area contributed by atoms with Crippen LogP contribution in [0.2, 0.25) is 0 Å². The summed E-state index contributed by atoms with van der Waals surface area (Å²) in [6.45, 7) is 5.23. The van der Waals surface area contributed by atoms with Crippen LogP contribution in [0.3, 0.4) is 0 Å². The summed E-state index contributed by atoms with van der Waals surface area (Å²) in [5.41, 5.74) is 2.20. The number of likely N-dealkylation sites (tertiary alicyclic amines) is 1. The second kappa shape index (κ2) is 11.7. The van der Waals surface area contributed by atoms with E-state index in [1.54, 1.807) is 0 Å². The molecule has 4 nitrogen and oxygen atoms in total. The van der Waals surface area contributed by atoms with Gasteiger partial charge >= 0.3 is 0 Å². The fourth-order valence-electron chi connectivity index (χ4n) is 2.78. The standard InChI is InChI=1S/C17H27N3O.2ClH/c1-14-5-3-4-12-20(14)13-15-6-8-16(9-7-15)19-17(21)10-11-18-2;;/h6-9,14,18H,3-5,10-13H2,1-2H3,(H,19,21);2*1H. The normalized spacial score (nSPS) is 17.7. The number of amides is 1. The lowest BCUT2D eigenvalue weighted by Gasteiger charge is -2.33. The van der Waals surface area contributed by atoms with E-state index in [1.807, 2.05) is 19.2 Å². The Bertz CT molecular complexity index is 454. The predicted molar refractivity (Wildman–Crippen MR) is 102 cm³/mol. The Hall–Kier alpha value is -0.810. The number of rotatable bonds is 6. The Morgan fingerprint density at radius 2 is 1.91 bits per heavy atom. The fraction of sp³-hybridized carbons (Fsp3) is 0.588. The van der Waals surface area contributed by atoms with Crippen molar-refractivity contribution in [3.8, 4) is 0 Å². The first kappa shape index (κ1) is 22.2.